The molecule has 50 heavy (non-hydrogen) atoms. The van der Waals surface area contributed by atoms with E-state index in [1.165, 1.54) is 25.9 Å². The maximum absolute atomic E-state index is 14.5. The van der Waals surface area contributed by atoms with Crippen molar-refractivity contribution in [1.29, 1.82) is 0 Å². The molecule has 0 saturated carbocycles. The zero-order valence-corrected chi connectivity index (χ0v) is 29.9. The molecule has 0 bridgehead atoms. The predicted octanol–water partition coefficient (Wildman–Crippen LogP) is 2.07. The molecule has 274 valence electrons. The molecule has 0 aliphatic carbocycles. The summed E-state index contributed by atoms with van der Waals surface area (Å²) in [5.41, 5.74) is 13.6. The Morgan fingerprint density at radius 3 is 1.92 bits per heavy atom. The van der Waals surface area contributed by atoms with E-state index in [1.807, 2.05) is 27.7 Å². The van der Waals surface area contributed by atoms with Gasteiger partial charge in [-0.3, -0.25) is 18.2 Å². The fraction of sp³-hybridized carbons (Fsp3) is 0.643. The first kappa shape index (κ1) is 36.4. The number of ether oxygens (including phenoxy) is 4. The standard InChI is InChI=1S/C28H42N11O9PS/c1-6-50(41,42)37-49(40,44-10-20-17(45-16(4)5)7-21(47-20)38-13-35-23-25(29)31-11-33-27(23)38)48-18-8-22(46-19(18)9-43-15(2)3)39-14-36-24-26(30)32-12-34-28(24)39/h11-22H,6-10H2,1-5H3,(H,37,40)(H2,29,31,33)(H2,30,32,34)/t17-,18-,19?,20?,21-,22-,49?/m1/s1. The number of imidazole rings is 2. The molecule has 20 nitrogen and oxygen atoms in total. The maximum Gasteiger partial charge on any atom is 0.419 e. The molecule has 6 heterocycles. The van der Waals surface area contributed by atoms with Gasteiger partial charge in [0.25, 0.3) is 0 Å². The number of hydrogen-bond donors (Lipinski definition) is 3. The van der Waals surface area contributed by atoms with Gasteiger partial charge in [-0.25, -0.2) is 42.9 Å². The second kappa shape index (κ2) is 14.7. The average molecular weight is 740 g/mol. The fourth-order valence-corrected chi connectivity index (χ4v) is 9.00. The van der Waals surface area contributed by atoms with Gasteiger partial charge in [0.05, 0.1) is 49.9 Å². The molecule has 0 radical (unpaired) electrons. The van der Waals surface area contributed by atoms with Crippen molar-refractivity contribution in [3.05, 3.63) is 25.3 Å². The Labute approximate surface area is 288 Å². The molecule has 4 aromatic rings. The minimum Gasteiger partial charge on any atom is -0.382 e. The molecule has 0 spiro atoms. The second-order valence-electron chi connectivity index (χ2n) is 12.4. The van der Waals surface area contributed by atoms with Gasteiger partial charge in [0.15, 0.2) is 22.9 Å². The van der Waals surface area contributed by atoms with E-state index in [-0.39, 0.29) is 49.2 Å². The van der Waals surface area contributed by atoms with Gasteiger partial charge in [-0.1, -0.05) is 0 Å². The summed E-state index contributed by atoms with van der Waals surface area (Å²) in [4.78, 5) is 25.2. The highest BCUT2D eigenvalue weighted by atomic mass is 32.2. The van der Waals surface area contributed by atoms with E-state index in [1.54, 1.807) is 15.5 Å². The quantitative estimate of drug-likeness (QED) is 0.147. The Bertz CT molecular complexity index is 1960. The topological polar surface area (TPSA) is 258 Å². The van der Waals surface area contributed by atoms with Crippen LogP contribution >= 0.6 is 7.75 Å². The van der Waals surface area contributed by atoms with E-state index in [0.29, 0.717) is 28.7 Å². The summed E-state index contributed by atoms with van der Waals surface area (Å²) in [6.07, 6.45) is 1.41. The van der Waals surface area contributed by atoms with Crippen LogP contribution in [0.3, 0.4) is 0 Å². The van der Waals surface area contributed by atoms with Crippen LogP contribution in [0.5, 0.6) is 0 Å². The molecule has 22 heteroatoms. The van der Waals surface area contributed by atoms with Crippen LogP contribution in [0.2, 0.25) is 0 Å². The third-order valence-electron chi connectivity index (χ3n) is 8.11. The SMILES string of the molecule is CCS(=O)(=O)NP(=O)(OCC1O[C@@H](n2cnc3c(N)ncnc32)C[C@H]1OC(C)C)O[C@@H]1C[C@H](n2cnc3c(N)ncnc32)OC1COC(C)C. The summed E-state index contributed by atoms with van der Waals surface area (Å²) in [5.74, 6) is 0.0348. The Balaban J connectivity index is 1.24. The smallest absolute Gasteiger partial charge is 0.382 e. The number of nitrogens with one attached hydrogen (secondary N) is 1. The summed E-state index contributed by atoms with van der Waals surface area (Å²) in [6.45, 7) is 8.55. The summed E-state index contributed by atoms with van der Waals surface area (Å²) in [6, 6.07) is 0. The number of nitrogens with zero attached hydrogens (tertiary/aromatic N) is 8. The van der Waals surface area contributed by atoms with Crippen molar-refractivity contribution in [3.63, 3.8) is 0 Å². The van der Waals surface area contributed by atoms with Crippen LogP contribution in [0.4, 0.5) is 11.6 Å². The maximum atomic E-state index is 14.5. The van der Waals surface area contributed by atoms with E-state index >= 15 is 0 Å². The van der Waals surface area contributed by atoms with Gasteiger partial charge in [-0.05, 0) is 34.6 Å². The lowest BCUT2D eigenvalue weighted by atomic mass is 10.2. The number of fused-ring (bicyclic) bond motifs is 2. The molecule has 4 aromatic heterocycles. The van der Waals surface area contributed by atoms with Gasteiger partial charge >= 0.3 is 7.75 Å². The number of nitrogens with two attached hydrogens (primary N) is 2. The van der Waals surface area contributed by atoms with Gasteiger partial charge in [-0.2, -0.15) is 0 Å². The molecule has 0 amide bonds. The number of hydrogen-bond acceptors (Lipinski definition) is 17. The van der Waals surface area contributed by atoms with Crippen molar-refractivity contribution in [3.8, 4) is 0 Å². The molecule has 2 aliphatic rings. The van der Waals surface area contributed by atoms with Crippen LogP contribution in [0.25, 0.3) is 22.3 Å². The van der Waals surface area contributed by atoms with Crippen LogP contribution in [0.1, 0.15) is 59.9 Å². The predicted molar refractivity (Wildman–Crippen MR) is 179 cm³/mol. The van der Waals surface area contributed by atoms with E-state index in [2.05, 4.69) is 34.4 Å². The molecule has 2 saturated heterocycles. The van der Waals surface area contributed by atoms with Crippen molar-refractivity contribution in [2.75, 3.05) is 30.4 Å². The van der Waals surface area contributed by atoms with Gasteiger partial charge in [0.2, 0.25) is 10.0 Å². The molecule has 3 unspecified atom stereocenters. The zero-order valence-electron chi connectivity index (χ0n) is 28.2. The minimum atomic E-state index is -4.63. The van der Waals surface area contributed by atoms with Crippen LogP contribution in [-0.2, 0) is 42.6 Å². The molecule has 0 aromatic carbocycles. The Hall–Kier alpha value is -3.40. The molecular formula is C28H42N11O9PS. The number of anilines is 2. The number of nitrogen functional groups attached to an aromatic ring is 2. The number of sulfonamides is 1. The van der Waals surface area contributed by atoms with Crippen molar-refractivity contribution in [1.82, 2.24) is 43.5 Å². The van der Waals surface area contributed by atoms with Gasteiger partial charge < -0.3 is 30.4 Å². The first-order chi connectivity index (χ1) is 23.8. The van der Waals surface area contributed by atoms with E-state index < -0.39 is 54.6 Å². The first-order valence-corrected chi connectivity index (χ1v) is 19.3. The largest absolute Gasteiger partial charge is 0.419 e. The average Bonchev–Trinajstić information content (AvgIpc) is 3.84. The minimum absolute atomic E-state index is 0.0494. The van der Waals surface area contributed by atoms with Crippen molar-refractivity contribution in [2.24, 2.45) is 0 Å². The molecule has 5 N–H and O–H groups in total. The van der Waals surface area contributed by atoms with E-state index in [4.69, 9.17) is 39.5 Å². The van der Waals surface area contributed by atoms with E-state index in [9.17, 15) is 13.0 Å². The van der Waals surface area contributed by atoms with Crippen LogP contribution < -0.4 is 16.0 Å². The van der Waals surface area contributed by atoms with Crippen LogP contribution in [-0.4, -0.2) is 103 Å². The Kier molecular flexibility index (Phi) is 10.7. The molecule has 2 fully saturated rings. The summed E-state index contributed by atoms with van der Waals surface area (Å²) >= 11 is 0. The first-order valence-electron chi connectivity index (χ1n) is 16.1. The lowest BCUT2D eigenvalue weighted by molar-refractivity contribution is -0.0786. The highest BCUT2D eigenvalue weighted by Gasteiger charge is 2.46. The fourth-order valence-electron chi connectivity index (χ4n) is 5.76. The van der Waals surface area contributed by atoms with Crippen molar-refractivity contribution in [2.45, 2.75) is 96.5 Å². The summed E-state index contributed by atoms with van der Waals surface area (Å²) in [5, 5.41) is 0. The Morgan fingerprint density at radius 2 is 1.40 bits per heavy atom. The number of aromatic nitrogens is 8. The number of rotatable bonds is 15. The van der Waals surface area contributed by atoms with Gasteiger partial charge in [0.1, 0.15) is 54.5 Å². The highest BCUT2D eigenvalue weighted by molar-refractivity contribution is 7.94. The third-order valence-corrected chi connectivity index (χ3v) is 11.9. The summed E-state index contributed by atoms with van der Waals surface area (Å²) in [7, 11) is -8.72. The lowest BCUT2D eigenvalue weighted by Crippen LogP contribution is -2.35. The van der Waals surface area contributed by atoms with E-state index in [0.717, 1.165) is 0 Å². The van der Waals surface area contributed by atoms with Gasteiger partial charge in [-0.15, -0.1) is 4.49 Å². The van der Waals surface area contributed by atoms with Crippen molar-refractivity contribution < 1.29 is 41.0 Å². The third kappa shape index (κ3) is 7.90. The van der Waals surface area contributed by atoms with Crippen LogP contribution in [0, 0.1) is 0 Å². The second-order valence-corrected chi connectivity index (χ2v) is 16.4. The highest BCUT2D eigenvalue weighted by Crippen LogP contribution is 2.50. The van der Waals surface area contributed by atoms with Crippen LogP contribution in [0.15, 0.2) is 25.3 Å². The molecule has 2 aliphatic heterocycles. The molecule has 7 atom stereocenters. The normalized spacial score (nSPS) is 25.7. The molecule has 6 rings (SSSR count). The summed E-state index contributed by atoms with van der Waals surface area (Å²) < 4.78 is 82.3. The van der Waals surface area contributed by atoms with Crippen molar-refractivity contribution >= 4 is 51.7 Å². The monoisotopic (exact) mass is 739 g/mol. The lowest BCUT2D eigenvalue weighted by Gasteiger charge is -2.27. The van der Waals surface area contributed by atoms with Gasteiger partial charge in [0, 0.05) is 12.8 Å². The zero-order chi connectivity index (χ0) is 35.8. The Morgan fingerprint density at radius 1 is 0.860 bits per heavy atom. The molecular weight excluding hydrogens is 697 g/mol.